The minimum absolute atomic E-state index is 0.0788. The molecule has 10 nitrogen and oxygen atoms in total. The van der Waals surface area contributed by atoms with Crippen LogP contribution in [0.4, 0.5) is 0 Å². The van der Waals surface area contributed by atoms with Gasteiger partial charge in [0.15, 0.2) is 6.23 Å². The van der Waals surface area contributed by atoms with Crippen molar-refractivity contribution in [3.8, 4) is 0 Å². The van der Waals surface area contributed by atoms with E-state index in [4.69, 9.17) is 13.9 Å². The van der Waals surface area contributed by atoms with Crippen molar-refractivity contribution in [3.63, 3.8) is 0 Å². The first-order valence-corrected chi connectivity index (χ1v) is 12.6. The highest BCUT2D eigenvalue weighted by Crippen LogP contribution is 2.58. The molecule has 1 aliphatic heterocycles. The van der Waals surface area contributed by atoms with E-state index in [1.807, 2.05) is 0 Å². The summed E-state index contributed by atoms with van der Waals surface area (Å²) in [4.78, 5) is 45.9. The molecule has 0 saturated carbocycles. The van der Waals surface area contributed by atoms with Gasteiger partial charge in [0.05, 0.1) is 24.1 Å². The summed E-state index contributed by atoms with van der Waals surface area (Å²) in [6, 6.07) is 14.6. The second-order valence-electron chi connectivity index (χ2n) is 7.68. The van der Waals surface area contributed by atoms with Crippen LogP contribution in [0.15, 0.2) is 64.2 Å². The predicted molar refractivity (Wildman–Crippen MR) is 126 cm³/mol. The fourth-order valence-electron chi connectivity index (χ4n) is 4.13. The molecule has 1 fully saturated rings. The van der Waals surface area contributed by atoms with Crippen LogP contribution in [0.3, 0.4) is 0 Å². The lowest BCUT2D eigenvalue weighted by molar-refractivity contribution is -0.158. The number of aromatic nitrogens is 2. The van der Waals surface area contributed by atoms with Gasteiger partial charge in [-0.2, -0.15) is 9.63 Å². The molecule has 2 atom stereocenters. The maximum absolute atomic E-state index is 13.6. The number of hydrogen-bond acceptors (Lipinski definition) is 8. The highest BCUT2D eigenvalue weighted by atomic mass is 31.2. The van der Waals surface area contributed by atoms with E-state index in [1.54, 1.807) is 63.4 Å². The number of carbonyl (C=O) groups excluding carboxylic acids is 1. The number of hydroxylamine groups is 2. The van der Waals surface area contributed by atoms with E-state index in [0.717, 1.165) is 0 Å². The molecule has 2 heterocycles. The quantitative estimate of drug-likeness (QED) is 0.468. The van der Waals surface area contributed by atoms with Crippen LogP contribution in [0, 0.1) is 0 Å². The molecule has 1 aromatic heterocycles. The van der Waals surface area contributed by atoms with Crippen molar-refractivity contribution in [2.24, 2.45) is 0 Å². The molecule has 0 aliphatic carbocycles. The molecule has 2 aromatic carbocycles. The van der Waals surface area contributed by atoms with Gasteiger partial charge in [0.2, 0.25) is 0 Å². The third kappa shape index (κ3) is 4.19. The minimum atomic E-state index is -3.59. The molecule has 0 radical (unpaired) electrons. The maximum Gasteiger partial charge on any atom is 0.350 e. The largest absolute Gasteiger partial charge is 0.350 e. The first-order valence-electron chi connectivity index (χ1n) is 11.0. The van der Waals surface area contributed by atoms with Crippen LogP contribution in [0.25, 0.3) is 10.9 Å². The third-order valence-corrected chi connectivity index (χ3v) is 8.11. The Balaban J connectivity index is 1.87. The second kappa shape index (κ2) is 9.77. The SMILES string of the molecule is CCOP(=O)(OCC)[C@H]1C[C@H](n2c(=O)n(C(=O)c3ccccc3)c(=O)c3ccccc32)ON1C. The fourth-order valence-corrected chi connectivity index (χ4v) is 6.16. The summed E-state index contributed by atoms with van der Waals surface area (Å²) in [5, 5.41) is 1.53. The molecule has 3 aromatic rings. The summed E-state index contributed by atoms with van der Waals surface area (Å²) in [5.41, 5.74) is -1.07. The van der Waals surface area contributed by atoms with Crippen LogP contribution in [-0.2, 0) is 18.5 Å². The number of benzene rings is 2. The monoisotopic (exact) mass is 487 g/mol. The van der Waals surface area contributed by atoms with E-state index in [-0.39, 0.29) is 30.6 Å². The molecular weight excluding hydrogens is 461 g/mol. The number of rotatable bonds is 7. The van der Waals surface area contributed by atoms with Crippen LogP contribution in [0.2, 0.25) is 0 Å². The molecule has 0 N–H and O–H groups in total. The van der Waals surface area contributed by atoms with Crippen molar-refractivity contribution < 1.29 is 23.2 Å². The average Bonchev–Trinajstić information content (AvgIpc) is 3.22. The van der Waals surface area contributed by atoms with E-state index in [1.165, 1.54) is 21.8 Å². The summed E-state index contributed by atoms with van der Waals surface area (Å²) >= 11 is 0. The summed E-state index contributed by atoms with van der Waals surface area (Å²) in [7, 11) is -2.02. The maximum atomic E-state index is 13.6. The number of fused-ring (bicyclic) bond motifs is 1. The van der Waals surface area contributed by atoms with Gasteiger partial charge < -0.3 is 9.05 Å². The molecule has 1 aliphatic rings. The summed E-state index contributed by atoms with van der Waals surface area (Å²) in [6.07, 6.45) is -0.868. The Morgan fingerprint density at radius 2 is 1.65 bits per heavy atom. The smallest absolute Gasteiger partial charge is 0.308 e. The number of hydrogen-bond donors (Lipinski definition) is 0. The molecule has 0 unspecified atom stereocenters. The number of nitrogens with zero attached hydrogens (tertiary/aromatic N) is 3. The molecule has 4 rings (SSSR count). The molecule has 0 bridgehead atoms. The van der Waals surface area contributed by atoms with Gasteiger partial charge in [-0.25, -0.2) is 4.79 Å². The molecule has 1 saturated heterocycles. The van der Waals surface area contributed by atoms with Crippen LogP contribution in [0.1, 0.15) is 36.9 Å². The highest BCUT2D eigenvalue weighted by Gasteiger charge is 2.47. The summed E-state index contributed by atoms with van der Waals surface area (Å²) in [6.45, 7) is 3.77. The van der Waals surface area contributed by atoms with E-state index in [0.29, 0.717) is 10.1 Å². The average molecular weight is 487 g/mol. The van der Waals surface area contributed by atoms with Crippen LogP contribution >= 0.6 is 7.60 Å². The Bertz CT molecular complexity index is 1360. The standard InChI is InChI=1S/C23H26N3O7P/c1-4-31-34(30,32-5-2)20-15-19(33-24(20)3)25-18-14-10-9-13-17(18)22(28)26(23(25)29)21(27)16-11-7-6-8-12-16/h6-14,19-20H,4-5,15H2,1-3H3/t19-,20+/m1/s1. The van der Waals surface area contributed by atoms with E-state index >= 15 is 0 Å². The van der Waals surface area contributed by atoms with E-state index in [9.17, 15) is 18.9 Å². The molecule has 0 spiro atoms. The van der Waals surface area contributed by atoms with Crippen molar-refractivity contribution in [2.75, 3.05) is 20.3 Å². The van der Waals surface area contributed by atoms with Gasteiger partial charge in [0, 0.05) is 19.0 Å². The van der Waals surface area contributed by atoms with Crippen molar-refractivity contribution in [2.45, 2.75) is 32.3 Å². The molecule has 0 amide bonds. The normalized spacial score (nSPS) is 19.0. The Hall–Kier alpha value is -2.88. The summed E-state index contributed by atoms with van der Waals surface area (Å²) < 4.78 is 26.2. The van der Waals surface area contributed by atoms with Gasteiger partial charge in [-0.05, 0) is 38.1 Å². The minimum Gasteiger partial charge on any atom is -0.308 e. The van der Waals surface area contributed by atoms with Gasteiger partial charge >= 0.3 is 13.3 Å². The lowest BCUT2D eigenvalue weighted by atomic mass is 10.2. The Morgan fingerprint density at radius 1 is 1.03 bits per heavy atom. The Kier molecular flexibility index (Phi) is 6.97. The Labute approximate surface area is 195 Å². The van der Waals surface area contributed by atoms with E-state index in [2.05, 4.69) is 0 Å². The van der Waals surface area contributed by atoms with Gasteiger partial charge in [-0.15, -0.1) is 0 Å². The number of para-hydroxylation sites is 1. The molecule has 11 heteroatoms. The van der Waals surface area contributed by atoms with Gasteiger partial charge in [0.1, 0.15) is 5.78 Å². The van der Waals surface area contributed by atoms with Crippen molar-refractivity contribution in [3.05, 3.63) is 81.0 Å². The Morgan fingerprint density at radius 3 is 2.29 bits per heavy atom. The van der Waals surface area contributed by atoms with Crippen LogP contribution in [-0.4, -0.2) is 46.1 Å². The first kappa shape index (κ1) is 24.3. The fraction of sp³-hybridized carbons (Fsp3) is 0.348. The second-order valence-corrected chi connectivity index (χ2v) is 9.87. The van der Waals surface area contributed by atoms with E-state index < -0.39 is 36.8 Å². The lowest BCUT2D eigenvalue weighted by Gasteiger charge is -2.25. The zero-order chi connectivity index (χ0) is 24.5. The zero-order valence-corrected chi connectivity index (χ0v) is 20.0. The highest BCUT2D eigenvalue weighted by molar-refractivity contribution is 7.54. The topological polar surface area (TPSA) is 109 Å². The van der Waals surface area contributed by atoms with Gasteiger partial charge in [-0.3, -0.25) is 23.6 Å². The van der Waals surface area contributed by atoms with Crippen molar-refractivity contribution in [1.82, 2.24) is 14.2 Å². The third-order valence-electron chi connectivity index (χ3n) is 5.61. The molecule has 180 valence electrons. The van der Waals surface area contributed by atoms with Gasteiger partial charge in [0.25, 0.3) is 11.5 Å². The van der Waals surface area contributed by atoms with Crippen LogP contribution in [0.5, 0.6) is 0 Å². The first-order chi connectivity index (χ1) is 16.3. The zero-order valence-electron chi connectivity index (χ0n) is 19.1. The van der Waals surface area contributed by atoms with Crippen molar-refractivity contribution >= 4 is 24.4 Å². The van der Waals surface area contributed by atoms with Gasteiger partial charge in [-0.1, -0.05) is 30.3 Å². The number of carbonyl (C=O) groups is 1. The molecule has 34 heavy (non-hydrogen) atoms. The van der Waals surface area contributed by atoms with Crippen molar-refractivity contribution in [1.29, 1.82) is 0 Å². The lowest BCUT2D eigenvalue weighted by Crippen LogP contribution is -2.45. The predicted octanol–water partition coefficient (Wildman–Crippen LogP) is 3.21. The van der Waals surface area contributed by atoms with Crippen LogP contribution < -0.4 is 11.2 Å². The summed E-state index contributed by atoms with van der Waals surface area (Å²) in [5.74, 6) is -1.53. The molecular formula is C23H26N3O7P.